The summed E-state index contributed by atoms with van der Waals surface area (Å²) in [5.74, 6) is 1.95. The van der Waals surface area contributed by atoms with Gasteiger partial charge in [0.1, 0.15) is 19.0 Å². The second kappa shape index (κ2) is 9.88. The van der Waals surface area contributed by atoms with E-state index in [1.165, 1.54) is 0 Å². The summed E-state index contributed by atoms with van der Waals surface area (Å²) in [5.41, 5.74) is 3.11. The first-order valence-electron chi connectivity index (χ1n) is 10.5. The molecule has 5 heteroatoms. The van der Waals surface area contributed by atoms with Gasteiger partial charge in [0.2, 0.25) is 0 Å². The van der Waals surface area contributed by atoms with Crippen molar-refractivity contribution in [3.63, 3.8) is 0 Å². The van der Waals surface area contributed by atoms with Crippen molar-refractivity contribution in [3.05, 3.63) is 101 Å². The Hall–Kier alpha value is -4.30. The summed E-state index contributed by atoms with van der Waals surface area (Å²) in [6.45, 7) is 2.24. The summed E-state index contributed by atoms with van der Waals surface area (Å²) in [6, 6.07) is 26.5. The molecule has 0 unspecified atom stereocenters. The molecule has 0 bridgehead atoms. The van der Waals surface area contributed by atoms with E-state index < -0.39 is 0 Å². The van der Waals surface area contributed by atoms with Crippen LogP contribution in [0.2, 0.25) is 0 Å². The minimum Gasteiger partial charge on any atom is -0.493 e. The number of nitriles is 1. The van der Waals surface area contributed by atoms with Crippen LogP contribution in [0.15, 0.2) is 78.9 Å². The second-order valence-electron chi connectivity index (χ2n) is 7.59. The first kappa shape index (κ1) is 21.9. The van der Waals surface area contributed by atoms with Gasteiger partial charge in [0.15, 0.2) is 17.3 Å². The number of hydrogen-bond donors (Lipinski definition) is 0. The van der Waals surface area contributed by atoms with Gasteiger partial charge in [-0.2, -0.15) is 5.26 Å². The minimum absolute atomic E-state index is 0.0254. The van der Waals surface area contributed by atoms with E-state index in [0.29, 0.717) is 41.6 Å². The summed E-state index contributed by atoms with van der Waals surface area (Å²) in [4.78, 5) is 11.9. The smallest absolute Gasteiger partial charge is 0.161 e. The average molecular weight is 437 g/mol. The van der Waals surface area contributed by atoms with Gasteiger partial charge in [-0.25, -0.2) is 0 Å². The highest BCUT2D eigenvalue weighted by molar-refractivity contribution is 6.08. The first-order valence-corrected chi connectivity index (χ1v) is 10.5. The van der Waals surface area contributed by atoms with Gasteiger partial charge in [-0.3, -0.25) is 4.79 Å². The first-order chi connectivity index (χ1) is 16.1. The normalized spacial score (nSPS) is 10.5. The third-order valence-corrected chi connectivity index (χ3v) is 5.34. The zero-order valence-corrected chi connectivity index (χ0v) is 18.5. The number of carbonyl (C=O) groups excluding carboxylic acids is 1. The lowest BCUT2D eigenvalue weighted by Gasteiger charge is -2.14. The highest BCUT2D eigenvalue weighted by atomic mass is 16.5. The molecule has 0 N–H and O–H groups in total. The lowest BCUT2D eigenvalue weighted by Crippen LogP contribution is -2.01. The number of ether oxygens (including phenoxy) is 3. The van der Waals surface area contributed by atoms with E-state index in [9.17, 15) is 4.79 Å². The van der Waals surface area contributed by atoms with E-state index in [1.807, 2.05) is 60.7 Å². The van der Waals surface area contributed by atoms with Crippen molar-refractivity contribution in [2.45, 2.75) is 20.1 Å². The van der Waals surface area contributed by atoms with Crippen LogP contribution in [-0.4, -0.2) is 12.9 Å². The van der Waals surface area contributed by atoms with Gasteiger partial charge in [0.25, 0.3) is 0 Å². The van der Waals surface area contributed by atoms with Crippen molar-refractivity contribution in [2.24, 2.45) is 0 Å². The fourth-order valence-electron chi connectivity index (χ4n) is 3.68. The van der Waals surface area contributed by atoms with Crippen molar-refractivity contribution < 1.29 is 19.0 Å². The number of hydrogen-bond acceptors (Lipinski definition) is 5. The van der Waals surface area contributed by atoms with Gasteiger partial charge in [0.05, 0.1) is 18.7 Å². The van der Waals surface area contributed by atoms with Gasteiger partial charge < -0.3 is 14.2 Å². The molecule has 0 heterocycles. The lowest BCUT2D eigenvalue weighted by molar-refractivity contribution is 0.101. The number of rotatable bonds is 8. The summed E-state index contributed by atoms with van der Waals surface area (Å²) in [7, 11) is 1.59. The Labute approximate surface area is 192 Å². The highest BCUT2D eigenvalue weighted by Gasteiger charge is 2.11. The maximum atomic E-state index is 11.9. The fourth-order valence-corrected chi connectivity index (χ4v) is 3.68. The Bertz CT molecular complexity index is 1350. The van der Waals surface area contributed by atoms with E-state index in [0.717, 1.165) is 21.9 Å². The Morgan fingerprint density at radius 3 is 2.21 bits per heavy atom. The van der Waals surface area contributed by atoms with Crippen LogP contribution in [0.4, 0.5) is 0 Å². The number of ketones is 1. The molecule has 0 atom stereocenters. The molecule has 4 aromatic rings. The molecule has 0 saturated heterocycles. The third-order valence-electron chi connectivity index (χ3n) is 5.34. The third kappa shape index (κ3) is 4.97. The zero-order chi connectivity index (χ0) is 23.2. The second-order valence-corrected chi connectivity index (χ2v) is 7.59. The molecule has 0 spiro atoms. The zero-order valence-electron chi connectivity index (χ0n) is 18.5. The Kier molecular flexibility index (Phi) is 6.56. The van der Waals surface area contributed by atoms with E-state index in [2.05, 4.69) is 6.07 Å². The number of fused-ring (bicyclic) bond motifs is 1. The maximum absolute atomic E-state index is 11.9. The van der Waals surface area contributed by atoms with Crippen molar-refractivity contribution in [1.29, 1.82) is 5.26 Å². The molecular weight excluding hydrogens is 414 g/mol. The Morgan fingerprint density at radius 1 is 0.788 bits per heavy atom. The van der Waals surface area contributed by atoms with Crippen LogP contribution >= 0.6 is 0 Å². The molecule has 5 nitrogen and oxygen atoms in total. The number of nitrogens with zero attached hydrogens (tertiary/aromatic N) is 1. The number of Topliss-reactive ketones (excluding diaryl/α,β-unsaturated/α-hetero) is 1. The molecule has 4 aromatic carbocycles. The van der Waals surface area contributed by atoms with Gasteiger partial charge in [-0.1, -0.05) is 42.5 Å². The predicted molar refractivity (Wildman–Crippen MR) is 127 cm³/mol. The summed E-state index contributed by atoms with van der Waals surface area (Å²) < 4.78 is 17.5. The van der Waals surface area contributed by atoms with E-state index in [-0.39, 0.29) is 5.78 Å². The molecule has 0 aliphatic carbocycles. The summed E-state index contributed by atoms with van der Waals surface area (Å²) in [6.07, 6.45) is 0. The van der Waals surface area contributed by atoms with Gasteiger partial charge in [-0.15, -0.1) is 0 Å². The molecule has 0 aliphatic heterocycles. The Balaban J connectivity index is 1.49. The van der Waals surface area contributed by atoms with Crippen molar-refractivity contribution in [2.75, 3.05) is 7.11 Å². The van der Waals surface area contributed by atoms with Crippen molar-refractivity contribution in [1.82, 2.24) is 0 Å². The van der Waals surface area contributed by atoms with Crippen molar-refractivity contribution >= 4 is 16.6 Å². The number of methoxy groups -OCH3 is 1. The maximum Gasteiger partial charge on any atom is 0.161 e. The van der Waals surface area contributed by atoms with E-state index in [1.54, 1.807) is 32.2 Å². The predicted octanol–water partition coefficient (Wildman–Crippen LogP) is 6.08. The van der Waals surface area contributed by atoms with Crippen LogP contribution in [-0.2, 0) is 13.2 Å². The molecule has 164 valence electrons. The molecule has 0 aliphatic rings. The van der Waals surface area contributed by atoms with Crippen LogP contribution in [0.3, 0.4) is 0 Å². The summed E-state index contributed by atoms with van der Waals surface area (Å²) in [5, 5.41) is 10.8. The lowest BCUT2D eigenvalue weighted by atomic mass is 10.0. The van der Waals surface area contributed by atoms with Crippen LogP contribution in [0.1, 0.15) is 34.0 Å². The highest BCUT2D eigenvalue weighted by Crippen LogP contribution is 2.32. The van der Waals surface area contributed by atoms with E-state index >= 15 is 0 Å². The fraction of sp³-hybridized carbons (Fsp3) is 0.143. The quantitative estimate of drug-likeness (QED) is 0.313. The molecule has 0 saturated carbocycles. The van der Waals surface area contributed by atoms with Crippen LogP contribution in [0, 0.1) is 11.3 Å². The number of benzene rings is 4. The largest absolute Gasteiger partial charge is 0.493 e. The van der Waals surface area contributed by atoms with Gasteiger partial charge >= 0.3 is 0 Å². The summed E-state index contributed by atoms with van der Waals surface area (Å²) >= 11 is 0. The van der Waals surface area contributed by atoms with E-state index in [4.69, 9.17) is 19.5 Å². The molecule has 4 rings (SSSR count). The Morgan fingerprint density at radius 2 is 1.48 bits per heavy atom. The standard InChI is InChI=1S/C28H23NO4/c1-19(30)23-11-13-26(25-9-4-3-8-24(23)25)32-18-22-10-12-27(28(15-22)31-2)33-17-21-7-5-6-20(14-21)16-29/h3-15H,17-18H2,1-2H3. The molecule has 33 heavy (non-hydrogen) atoms. The monoisotopic (exact) mass is 437 g/mol. The van der Waals surface area contributed by atoms with Gasteiger partial charge in [-0.05, 0) is 59.8 Å². The molecule has 0 radical (unpaired) electrons. The molecule has 0 amide bonds. The average Bonchev–Trinajstić information content (AvgIpc) is 2.86. The van der Waals surface area contributed by atoms with Crippen LogP contribution < -0.4 is 14.2 Å². The number of carbonyl (C=O) groups is 1. The van der Waals surface area contributed by atoms with Gasteiger partial charge in [0, 0.05) is 10.9 Å². The minimum atomic E-state index is 0.0254. The molecule has 0 aromatic heterocycles. The molecular formula is C28H23NO4. The topological polar surface area (TPSA) is 68.6 Å². The molecule has 0 fully saturated rings. The van der Waals surface area contributed by atoms with Crippen LogP contribution in [0.5, 0.6) is 17.2 Å². The SMILES string of the molecule is COc1cc(COc2ccc(C(C)=O)c3ccccc23)ccc1OCc1cccc(C#N)c1. The van der Waals surface area contributed by atoms with Crippen LogP contribution in [0.25, 0.3) is 10.8 Å². The van der Waals surface area contributed by atoms with Crippen molar-refractivity contribution in [3.8, 4) is 23.3 Å².